The van der Waals surface area contributed by atoms with Crippen LogP contribution in [0.4, 0.5) is 4.39 Å². The quantitative estimate of drug-likeness (QED) is 0.568. The fourth-order valence-electron chi connectivity index (χ4n) is 2.99. The van der Waals surface area contributed by atoms with Gasteiger partial charge in [0.15, 0.2) is 0 Å². The Hall–Kier alpha value is -3.22. The van der Waals surface area contributed by atoms with Crippen LogP contribution >= 0.6 is 0 Å². The van der Waals surface area contributed by atoms with Gasteiger partial charge in [-0.15, -0.1) is 10.2 Å². The number of rotatable bonds is 10. The van der Waals surface area contributed by atoms with Crippen LogP contribution in [0.3, 0.4) is 0 Å². The number of ether oxygens (including phenoxy) is 1. The summed E-state index contributed by atoms with van der Waals surface area (Å²) in [4.78, 5) is 12.0. The van der Waals surface area contributed by atoms with Crippen LogP contribution in [0.1, 0.15) is 29.3 Å². The summed E-state index contributed by atoms with van der Waals surface area (Å²) >= 11 is 0. The zero-order valence-electron chi connectivity index (χ0n) is 16.4. The second kappa shape index (κ2) is 10.4. The number of aryl methyl sites for hydroxylation is 3. The van der Waals surface area contributed by atoms with Crippen LogP contribution in [0.5, 0.6) is 5.75 Å². The molecule has 3 aromatic rings. The van der Waals surface area contributed by atoms with Crippen LogP contribution in [-0.2, 0) is 30.5 Å². The van der Waals surface area contributed by atoms with Gasteiger partial charge < -0.3 is 14.5 Å². The van der Waals surface area contributed by atoms with E-state index in [1.165, 1.54) is 12.1 Å². The van der Waals surface area contributed by atoms with Gasteiger partial charge in [0, 0.05) is 25.8 Å². The number of hydrogen-bond donors (Lipinski definition) is 1. The second-order valence-corrected chi connectivity index (χ2v) is 6.63. The molecule has 0 bridgehead atoms. The molecule has 2 aromatic carbocycles. The lowest BCUT2D eigenvalue weighted by molar-refractivity contribution is -0.121. The molecule has 1 heterocycles. The molecule has 0 aliphatic rings. The molecule has 1 aromatic heterocycles. The predicted octanol–water partition coefficient (Wildman–Crippen LogP) is 3.29. The van der Waals surface area contributed by atoms with Gasteiger partial charge in [-0.2, -0.15) is 0 Å². The summed E-state index contributed by atoms with van der Waals surface area (Å²) in [6, 6.07) is 14.2. The average Bonchev–Trinajstić information content (AvgIpc) is 3.19. The third-order valence-electron chi connectivity index (χ3n) is 4.50. The molecule has 1 amide bonds. The van der Waals surface area contributed by atoms with Crippen molar-refractivity contribution in [2.24, 2.45) is 0 Å². The van der Waals surface area contributed by atoms with Crippen LogP contribution in [0.25, 0.3) is 0 Å². The molecule has 0 saturated carbocycles. The number of para-hydroxylation sites is 1. The maximum absolute atomic E-state index is 13.1. The minimum Gasteiger partial charge on any atom is -0.496 e. The van der Waals surface area contributed by atoms with Crippen molar-refractivity contribution in [3.05, 3.63) is 77.3 Å². The standard InChI is InChI=1S/C22H24FN3O3/c1-28-19-8-3-2-6-17(19)9-11-21-25-26-22(29-21)12-10-20(27)24-14-13-16-5-4-7-18(23)15-16/h2-8,15H,9-14H2,1H3,(H,24,27). The molecule has 0 aliphatic heterocycles. The van der Waals surface area contributed by atoms with Crippen LogP contribution in [0, 0.1) is 5.82 Å². The first-order chi connectivity index (χ1) is 14.1. The number of aromatic nitrogens is 2. The molecule has 0 unspecified atom stereocenters. The van der Waals surface area contributed by atoms with Gasteiger partial charge in [0.05, 0.1) is 7.11 Å². The van der Waals surface area contributed by atoms with Crippen molar-refractivity contribution in [3.63, 3.8) is 0 Å². The Labute approximate surface area is 169 Å². The Kier molecular flexibility index (Phi) is 7.33. The van der Waals surface area contributed by atoms with E-state index in [9.17, 15) is 9.18 Å². The monoisotopic (exact) mass is 397 g/mol. The van der Waals surface area contributed by atoms with E-state index in [0.29, 0.717) is 37.6 Å². The average molecular weight is 397 g/mol. The van der Waals surface area contributed by atoms with Crippen molar-refractivity contribution in [1.82, 2.24) is 15.5 Å². The molecule has 152 valence electrons. The predicted molar refractivity (Wildman–Crippen MR) is 106 cm³/mol. The van der Waals surface area contributed by atoms with Gasteiger partial charge in [-0.25, -0.2) is 4.39 Å². The number of hydrogen-bond acceptors (Lipinski definition) is 5. The number of carbonyl (C=O) groups is 1. The van der Waals surface area contributed by atoms with E-state index in [2.05, 4.69) is 15.5 Å². The van der Waals surface area contributed by atoms with Crippen molar-refractivity contribution in [2.75, 3.05) is 13.7 Å². The van der Waals surface area contributed by atoms with Crippen molar-refractivity contribution in [1.29, 1.82) is 0 Å². The molecule has 1 N–H and O–H groups in total. The van der Waals surface area contributed by atoms with E-state index >= 15 is 0 Å². The molecule has 0 radical (unpaired) electrons. The Morgan fingerprint density at radius 2 is 1.83 bits per heavy atom. The number of benzene rings is 2. The van der Waals surface area contributed by atoms with Crippen LogP contribution in [-0.4, -0.2) is 29.8 Å². The highest BCUT2D eigenvalue weighted by atomic mass is 19.1. The summed E-state index contributed by atoms with van der Waals surface area (Å²) in [6.45, 7) is 0.455. The summed E-state index contributed by atoms with van der Waals surface area (Å²) in [5, 5.41) is 10.9. The summed E-state index contributed by atoms with van der Waals surface area (Å²) in [6.07, 6.45) is 2.56. The summed E-state index contributed by atoms with van der Waals surface area (Å²) < 4.78 is 24.1. The fraction of sp³-hybridized carbons (Fsp3) is 0.318. The number of amides is 1. The zero-order chi connectivity index (χ0) is 20.5. The van der Waals surface area contributed by atoms with Gasteiger partial charge in [0.2, 0.25) is 17.7 Å². The van der Waals surface area contributed by atoms with E-state index in [0.717, 1.165) is 23.3 Å². The first-order valence-corrected chi connectivity index (χ1v) is 9.58. The van der Waals surface area contributed by atoms with Crippen molar-refractivity contribution >= 4 is 5.91 Å². The molecule has 3 rings (SSSR count). The lowest BCUT2D eigenvalue weighted by Gasteiger charge is -2.06. The highest BCUT2D eigenvalue weighted by molar-refractivity contribution is 5.76. The van der Waals surface area contributed by atoms with E-state index in [-0.39, 0.29) is 18.1 Å². The molecule has 0 spiro atoms. The minimum atomic E-state index is -0.272. The first kappa shape index (κ1) is 20.5. The van der Waals surface area contributed by atoms with Crippen LogP contribution in [0.15, 0.2) is 52.9 Å². The normalized spacial score (nSPS) is 10.7. The van der Waals surface area contributed by atoms with Crippen molar-refractivity contribution in [3.8, 4) is 5.75 Å². The smallest absolute Gasteiger partial charge is 0.220 e. The Morgan fingerprint density at radius 3 is 2.62 bits per heavy atom. The molecule has 0 atom stereocenters. The molecule has 6 nitrogen and oxygen atoms in total. The van der Waals surface area contributed by atoms with E-state index in [4.69, 9.17) is 9.15 Å². The summed E-state index contributed by atoms with van der Waals surface area (Å²) in [5.74, 6) is 1.45. The van der Waals surface area contributed by atoms with Crippen molar-refractivity contribution in [2.45, 2.75) is 32.1 Å². The van der Waals surface area contributed by atoms with Gasteiger partial charge in [0.1, 0.15) is 11.6 Å². The van der Waals surface area contributed by atoms with Gasteiger partial charge in [-0.3, -0.25) is 4.79 Å². The van der Waals surface area contributed by atoms with Gasteiger partial charge >= 0.3 is 0 Å². The van der Waals surface area contributed by atoms with Crippen LogP contribution < -0.4 is 10.1 Å². The fourth-order valence-corrected chi connectivity index (χ4v) is 2.99. The van der Waals surface area contributed by atoms with Gasteiger partial charge in [0.25, 0.3) is 0 Å². The SMILES string of the molecule is COc1ccccc1CCc1nnc(CCC(=O)NCCc2cccc(F)c2)o1. The molecular formula is C22H24FN3O3. The largest absolute Gasteiger partial charge is 0.496 e. The van der Waals surface area contributed by atoms with E-state index < -0.39 is 0 Å². The second-order valence-electron chi connectivity index (χ2n) is 6.63. The molecule has 0 aliphatic carbocycles. The Balaban J connectivity index is 1.39. The molecule has 7 heteroatoms. The number of nitrogens with one attached hydrogen (secondary N) is 1. The maximum atomic E-state index is 13.1. The van der Waals surface area contributed by atoms with E-state index in [1.54, 1.807) is 13.2 Å². The Morgan fingerprint density at radius 1 is 1.03 bits per heavy atom. The number of methoxy groups -OCH3 is 1. The first-order valence-electron chi connectivity index (χ1n) is 9.58. The van der Waals surface area contributed by atoms with E-state index in [1.807, 2.05) is 30.3 Å². The van der Waals surface area contributed by atoms with Crippen molar-refractivity contribution < 1.29 is 18.3 Å². The topological polar surface area (TPSA) is 77.2 Å². The number of nitrogens with zero attached hydrogens (tertiary/aromatic N) is 2. The lowest BCUT2D eigenvalue weighted by atomic mass is 10.1. The summed E-state index contributed by atoms with van der Waals surface area (Å²) in [7, 11) is 1.65. The minimum absolute atomic E-state index is 0.102. The zero-order valence-corrected chi connectivity index (χ0v) is 16.4. The third-order valence-corrected chi connectivity index (χ3v) is 4.50. The Bertz CT molecular complexity index is 942. The third kappa shape index (κ3) is 6.41. The lowest BCUT2D eigenvalue weighted by Crippen LogP contribution is -2.25. The highest BCUT2D eigenvalue weighted by Crippen LogP contribution is 2.19. The summed E-state index contributed by atoms with van der Waals surface area (Å²) in [5.41, 5.74) is 1.93. The molecule has 29 heavy (non-hydrogen) atoms. The van der Waals surface area contributed by atoms with Gasteiger partial charge in [-0.05, 0) is 42.2 Å². The molecule has 0 fully saturated rings. The van der Waals surface area contributed by atoms with Gasteiger partial charge in [-0.1, -0.05) is 30.3 Å². The highest BCUT2D eigenvalue weighted by Gasteiger charge is 2.10. The number of halogens is 1. The maximum Gasteiger partial charge on any atom is 0.220 e. The number of carbonyl (C=O) groups excluding carboxylic acids is 1. The van der Waals surface area contributed by atoms with Crippen LogP contribution in [0.2, 0.25) is 0 Å². The molecule has 0 saturated heterocycles. The molecular weight excluding hydrogens is 373 g/mol.